The third-order valence-electron chi connectivity index (χ3n) is 8.25. The molecule has 0 aromatic heterocycles. The second-order valence-electron chi connectivity index (χ2n) is 10.4. The number of anilines is 1. The highest BCUT2D eigenvalue weighted by molar-refractivity contribution is 9.09. The zero-order valence-electron chi connectivity index (χ0n) is 22.3. The third kappa shape index (κ3) is 4.49. The number of likely N-dealkylation sites (tertiary alicyclic amines) is 1. The number of amides is 2. The summed E-state index contributed by atoms with van der Waals surface area (Å²) in [5.74, 6) is -2.54. The van der Waals surface area contributed by atoms with Crippen LogP contribution in [0.25, 0.3) is 0 Å². The van der Waals surface area contributed by atoms with E-state index in [1.807, 2.05) is 49.4 Å². The highest BCUT2D eigenvalue weighted by Gasteiger charge is 2.76. The Bertz CT molecular complexity index is 1310. The van der Waals surface area contributed by atoms with E-state index in [0.717, 1.165) is 5.56 Å². The van der Waals surface area contributed by atoms with Crippen molar-refractivity contribution in [2.24, 2.45) is 11.8 Å². The summed E-state index contributed by atoms with van der Waals surface area (Å²) < 4.78 is 4.55. The lowest BCUT2D eigenvalue weighted by Crippen LogP contribution is -2.56. The fraction of sp³-hybridized carbons (Fsp3) is 0.433. The van der Waals surface area contributed by atoms with Gasteiger partial charge in [0, 0.05) is 16.6 Å². The van der Waals surface area contributed by atoms with Crippen molar-refractivity contribution in [2.75, 3.05) is 24.7 Å². The molecule has 3 fully saturated rings. The van der Waals surface area contributed by atoms with Gasteiger partial charge in [-0.05, 0) is 37.5 Å². The van der Waals surface area contributed by atoms with Crippen LogP contribution in [-0.4, -0.2) is 68.4 Å². The first-order valence-corrected chi connectivity index (χ1v) is 15.5. The molecule has 3 unspecified atom stereocenters. The minimum atomic E-state index is -0.965. The molecule has 2 bridgehead atoms. The van der Waals surface area contributed by atoms with Crippen molar-refractivity contribution in [1.29, 1.82) is 0 Å². The van der Waals surface area contributed by atoms with Crippen molar-refractivity contribution in [3.05, 3.63) is 77.3 Å². The molecule has 0 saturated carbocycles. The van der Waals surface area contributed by atoms with E-state index in [4.69, 9.17) is 16.3 Å². The van der Waals surface area contributed by atoms with Gasteiger partial charge in [-0.1, -0.05) is 76.1 Å². The van der Waals surface area contributed by atoms with E-state index >= 15 is 0 Å². The number of thioether (sulfide) groups is 1. The fourth-order valence-electron chi connectivity index (χ4n) is 6.75. The summed E-state index contributed by atoms with van der Waals surface area (Å²) in [4.78, 5) is 45.7. The van der Waals surface area contributed by atoms with E-state index in [2.05, 4.69) is 22.5 Å². The van der Waals surface area contributed by atoms with Gasteiger partial charge in [-0.25, -0.2) is 0 Å². The maximum absolute atomic E-state index is 14.9. The Morgan fingerprint density at radius 1 is 1.30 bits per heavy atom. The number of carbonyl (C=O) groups excluding carboxylic acids is 3. The maximum atomic E-state index is 14.9. The van der Waals surface area contributed by atoms with E-state index < -0.39 is 34.6 Å². The van der Waals surface area contributed by atoms with Gasteiger partial charge in [-0.2, -0.15) is 0 Å². The SMILES string of the molecule is C=CCN(C(=O)C1N([C@H](CO)c2ccccc2)C(=O)[C@@H]2[C@@H](C(=O)OCC)[C@@H]3SC12CC3Br)c1c(C)cccc1Cl. The molecule has 7 atom stereocenters. The zero-order valence-corrected chi connectivity index (χ0v) is 25.5. The van der Waals surface area contributed by atoms with Crippen molar-refractivity contribution in [2.45, 2.75) is 47.2 Å². The van der Waals surface area contributed by atoms with Crippen molar-refractivity contribution < 1.29 is 24.2 Å². The van der Waals surface area contributed by atoms with E-state index in [1.165, 1.54) is 16.7 Å². The molecule has 40 heavy (non-hydrogen) atoms. The summed E-state index contributed by atoms with van der Waals surface area (Å²) in [7, 11) is 0. The number of alkyl halides is 1. The second-order valence-corrected chi connectivity index (χ2v) is 13.5. The lowest BCUT2D eigenvalue weighted by molar-refractivity contribution is -0.154. The number of aryl methyl sites for hydroxylation is 1. The number of hydrogen-bond donors (Lipinski definition) is 1. The highest BCUT2D eigenvalue weighted by Crippen LogP contribution is 2.68. The molecule has 1 spiro atoms. The van der Waals surface area contributed by atoms with Crippen molar-refractivity contribution in [3.8, 4) is 0 Å². The quantitative estimate of drug-likeness (QED) is 0.236. The van der Waals surface area contributed by atoms with Crippen LogP contribution in [0.1, 0.15) is 30.5 Å². The molecule has 10 heteroatoms. The van der Waals surface area contributed by atoms with Gasteiger partial charge in [-0.3, -0.25) is 14.4 Å². The minimum absolute atomic E-state index is 0.0922. The number of hydrogen-bond acceptors (Lipinski definition) is 6. The maximum Gasteiger partial charge on any atom is 0.310 e. The molecule has 3 aliphatic rings. The predicted molar refractivity (Wildman–Crippen MR) is 161 cm³/mol. The average Bonchev–Trinajstić information content (AvgIpc) is 3.52. The van der Waals surface area contributed by atoms with Crippen LogP contribution in [0.2, 0.25) is 5.02 Å². The molecule has 3 aliphatic heterocycles. The molecule has 2 amide bonds. The van der Waals surface area contributed by atoms with Gasteiger partial charge < -0.3 is 19.6 Å². The Kier molecular flexibility index (Phi) is 8.39. The molecule has 3 heterocycles. The molecule has 0 radical (unpaired) electrons. The number of fused-ring (bicyclic) bond motifs is 1. The van der Waals surface area contributed by atoms with E-state index in [-0.39, 0.29) is 41.6 Å². The van der Waals surface area contributed by atoms with Crippen molar-refractivity contribution in [1.82, 2.24) is 4.90 Å². The van der Waals surface area contributed by atoms with Crippen LogP contribution in [-0.2, 0) is 19.1 Å². The van der Waals surface area contributed by atoms with Gasteiger partial charge in [0.2, 0.25) is 5.91 Å². The standard InChI is InChI=1S/C30H32BrClN2O5S/c1-4-14-33(24-17(3)10-9-13-20(24)32)28(37)26-30-15-19(31)25(40-30)22(29(38)39-5-2)23(30)27(36)34(26)21(16-35)18-11-7-6-8-12-18/h4,6-13,19,21-23,25-26,35H,1,5,14-16H2,2-3H3/t19?,21-,22-,23+,25-,26?,30?/m1/s1. The molecule has 1 N–H and O–H groups in total. The number of aliphatic hydroxyl groups excluding tert-OH is 1. The molecule has 0 aliphatic carbocycles. The van der Waals surface area contributed by atoms with Gasteiger partial charge in [0.25, 0.3) is 5.91 Å². The average molecular weight is 648 g/mol. The smallest absolute Gasteiger partial charge is 0.310 e. The van der Waals surface area contributed by atoms with E-state index in [9.17, 15) is 19.5 Å². The third-order valence-corrected chi connectivity index (χ3v) is 11.8. The minimum Gasteiger partial charge on any atom is -0.466 e. The van der Waals surface area contributed by atoms with Crippen LogP contribution in [0.5, 0.6) is 0 Å². The van der Waals surface area contributed by atoms with Gasteiger partial charge in [0.1, 0.15) is 6.04 Å². The Morgan fingerprint density at radius 3 is 2.65 bits per heavy atom. The summed E-state index contributed by atoms with van der Waals surface area (Å²) in [5.41, 5.74) is 2.07. The molecule has 3 saturated heterocycles. The predicted octanol–water partition coefficient (Wildman–Crippen LogP) is 4.93. The van der Waals surface area contributed by atoms with E-state index in [0.29, 0.717) is 22.7 Å². The number of aliphatic hydroxyl groups is 1. The van der Waals surface area contributed by atoms with Crippen LogP contribution in [0.3, 0.4) is 0 Å². The summed E-state index contributed by atoms with van der Waals surface area (Å²) in [5, 5.41) is 10.9. The number of benzene rings is 2. The van der Waals surface area contributed by atoms with Crippen molar-refractivity contribution in [3.63, 3.8) is 0 Å². The molecule has 5 rings (SSSR count). The van der Waals surface area contributed by atoms with Gasteiger partial charge in [0.05, 0.1) is 46.5 Å². The highest BCUT2D eigenvalue weighted by atomic mass is 79.9. The van der Waals surface area contributed by atoms with E-state index in [1.54, 1.807) is 24.0 Å². The molecule has 2 aromatic carbocycles. The van der Waals surface area contributed by atoms with Crippen LogP contribution in [0.4, 0.5) is 5.69 Å². The number of nitrogens with zero attached hydrogens (tertiary/aromatic N) is 2. The summed E-state index contributed by atoms with van der Waals surface area (Å²) >= 11 is 11.9. The van der Waals surface area contributed by atoms with Crippen LogP contribution in [0, 0.1) is 18.8 Å². The number of esters is 1. The number of para-hydroxylation sites is 1. The Labute approximate surface area is 252 Å². The lowest BCUT2D eigenvalue weighted by Gasteiger charge is -2.40. The zero-order chi connectivity index (χ0) is 28.8. The first-order valence-electron chi connectivity index (χ1n) is 13.4. The first-order chi connectivity index (χ1) is 19.2. The first kappa shape index (κ1) is 29.2. The van der Waals surface area contributed by atoms with Gasteiger partial charge in [0.15, 0.2) is 0 Å². The monoisotopic (exact) mass is 646 g/mol. The van der Waals surface area contributed by atoms with Crippen LogP contribution in [0.15, 0.2) is 61.2 Å². The van der Waals surface area contributed by atoms with Crippen LogP contribution >= 0.6 is 39.3 Å². The fourth-order valence-corrected chi connectivity index (χ4v) is 10.7. The molecular formula is C30H32BrClN2O5S. The topological polar surface area (TPSA) is 87.2 Å². The Morgan fingerprint density at radius 2 is 2.02 bits per heavy atom. The second kappa shape index (κ2) is 11.5. The summed E-state index contributed by atoms with van der Waals surface area (Å²) in [6, 6.07) is 12.9. The molecule has 2 aromatic rings. The lowest BCUT2D eigenvalue weighted by atomic mass is 9.71. The summed E-state index contributed by atoms with van der Waals surface area (Å²) in [6.07, 6.45) is 2.14. The number of ether oxygens (including phenoxy) is 1. The normalized spacial score (nSPS) is 29.3. The Balaban J connectivity index is 1.69. The van der Waals surface area contributed by atoms with Gasteiger partial charge >= 0.3 is 5.97 Å². The number of rotatable bonds is 9. The van der Waals surface area contributed by atoms with Crippen LogP contribution < -0.4 is 4.90 Å². The largest absolute Gasteiger partial charge is 0.466 e. The van der Waals surface area contributed by atoms with Crippen molar-refractivity contribution >= 4 is 62.8 Å². The molecular weight excluding hydrogens is 616 g/mol. The molecule has 7 nitrogen and oxygen atoms in total. The number of carbonyl (C=O) groups is 3. The molecule has 212 valence electrons. The Hall–Kier alpha value is -2.33. The summed E-state index contributed by atoms with van der Waals surface area (Å²) in [6.45, 7) is 7.48. The number of halogens is 2. The van der Waals surface area contributed by atoms with Gasteiger partial charge in [-0.15, -0.1) is 18.3 Å².